The Bertz CT molecular complexity index is 1310. The zero-order valence-electron chi connectivity index (χ0n) is 18.5. The average Bonchev–Trinajstić information content (AvgIpc) is 3.35. The topological polar surface area (TPSA) is 55.6 Å². The van der Waals surface area contributed by atoms with E-state index < -0.39 is 0 Å². The van der Waals surface area contributed by atoms with Crippen LogP contribution in [0.15, 0.2) is 42.9 Å². The number of hydrogen-bond donors (Lipinski definition) is 1. The van der Waals surface area contributed by atoms with Gasteiger partial charge in [-0.15, -0.1) is 0 Å². The molecule has 33 heavy (non-hydrogen) atoms. The highest BCUT2D eigenvalue weighted by atomic mass is 35.5. The standard InChI is InChI=1S/C26H27Cl2N5/c27-22-13-19-7-5-17(12-23(19)32-25(22)29-14-18-3-4-18)2-1-16-6-8-20(11-16)33-10-9-21-24(28)30-15-31-26(21)33/h5,7,9-10,12-13,15-16,18,20H,1-4,6,8,11,14H2,(H,29,32). The Hall–Kier alpha value is -2.37. The van der Waals surface area contributed by atoms with Crippen LogP contribution in [0.1, 0.15) is 50.1 Å². The molecule has 1 N–H and O–H groups in total. The molecule has 0 bridgehead atoms. The van der Waals surface area contributed by atoms with Crippen LogP contribution < -0.4 is 5.32 Å². The molecule has 5 nitrogen and oxygen atoms in total. The maximum absolute atomic E-state index is 6.45. The van der Waals surface area contributed by atoms with Crippen LogP contribution in [0.5, 0.6) is 0 Å². The Morgan fingerprint density at radius 2 is 1.88 bits per heavy atom. The Labute approximate surface area is 203 Å². The van der Waals surface area contributed by atoms with Crippen LogP contribution in [0.25, 0.3) is 21.9 Å². The SMILES string of the molecule is Clc1cc2ccc(CCC3CCC(n4ccc5c(Cl)ncnc54)C3)cc2nc1NCC1CC1. The molecule has 6 rings (SSSR count). The van der Waals surface area contributed by atoms with Gasteiger partial charge in [0.05, 0.1) is 15.9 Å². The van der Waals surface area contributed by atoms with Crippen LogP contribution in [0.4, 0.5) is 5.82 Å². The Morgan fingerprint density at radius 1 is 1.00 bits per heavy atom. The van der Waals surface area contributed by atoms with Crippen molar-refractivity contribution in [2.24, 2.45) is 11.8 Å². The molecule has 0 spiro atoms. The molecule has 3 heterocycles. The molecule has 2 fully saturated rings. The Kier molecular flexibility index (Phi) is 5.63. The van der Waals surface area contributed by atoms with Crippen LogP contribution in [0, 0.1) is 11.8 Å². The molecule has 0 radical (unpaired) electrons. The summed E-state index contributed by atoms with van der Waals surface area (Å²) in [6, 6.07) is 11.2. The lowest BCUT2D eigenvalue weighted by Gasteiger charge is -2.14. The van der Waals surface area contributed by atoms with Gasteiger partial charge in [-0.05, 0) is 80.5 Å². The summed E-state index contributed by atoms with van der Waals surface area (Å²) in [7, 11) is 0. The second kappa shape index (κ2) is 8.77. The van der Waals surface area contributed by atoms with Crippen molar-refractivity contribution in [1.82, 2.24) is 19.5 Å². The number of halogens is 2. The third kappa shape index (κ3) is 4.41. The van der Waals surface area contributed by atoms with Gasteiger partial charge in [0.2, 0.25) is 0 Å². The first-order chi connectivity index (χ1) is 16.1. The van der Waals surface area contributed by atoms with E-state index in [1.165, 1.54) is 44.1 Å². The first-order valence-corrected chi connectivity index (χ1v) is 12.7. The van der Waals surface area contributed by atoms with E-state index in [4.69, 9.17) is 28.2 Å². The maximum Gasteiger partial charge on any atom is 0.145 e. The van der Waals surface area contributed by atoms with Crippen LogP contribution in [0.2, 0.25) is 10.2 Å². The first-order valence-electron chi connectivity index (χ1n) is 11.9. The predicted molar refractivity (Wildman–Crippen MR) is 135 cm³/mol. The molecule has 2 aliphatic carbocycles. The van der Waals surface area contributed by atoms with E-state index in [-0.39, 0.29) is 0 Å². The van der Waals surface area contributed by atoms with Gasteiger partial charge in [0.25, 0.3) is 0 Å². The molecule has 0 aliphatic heterocycles. The quantitative estimate of drug-likeness (QED) is 0.287. The molecule has 7 heteroatoms. The summed E-state index contributed by atoms with van der Waals surface area (Å²) in [6.45, 7) is 0.968. The van der Waals surface area contributed by atoms with Gasteiger partial charge in [-0.25, -0.2) is 15.0 Å². The van der Waals surface area contributed by atoms with Crippen LogP contribution >= 0.6 is 23.2 Å². The first kappa shape index (κ1) is 21.2. The zero-order chi connectivity index (χ0) is 22.4. The van der Waals surface area contributed by atoms with Gasteiger partial charge in [-0.3, -0.25) is 0 Å². The molecular formula is C26H27Cl2N5. The van der Waals surface area contributed by atoms with Gasteiger partial charge in [0, 0.05) is 24.2 Å². The highest BCUT2D eigenvalue weighted by Gasteiger charge is 2.27. The number of aromatic nitrogens is 4. The lowest BCUT2D eigenvalue weighted by Crippen LogP contribution is -2.06. The van der Waals surface area contributed by atoms with Crippen molar-refractivity contribution >= 4 is 51.0 Å². The molecule has 3 aromatic heterocycles. The second-order valence-corrected chi connectivity index (χ2v) is 10.4. The fraction of sp³-hybridized carbons (Fsp3) is 0.423. The number of rotatable bonds is 7. The minimum atomic E-state index is 0.485. The number of aryl methyl sites for hydroxylation is 1. The highest BCUT2D eigenvalue weighted by molar-refractivity contribution is 6.34. The summed E-state index contributed by atoms with van der Waals surface area (Å²) in [5.74, 6) is 2.32. The van der Waals surface area contributed by atoms with Gasteiger partial charge in [-0.2, -0.15) is 0 Å². The number of anilines is 1. The van der Waals surface area contributed by atoms with Crippen molar-refractivity contribution in [3.05, 3.63) is 58.6 Å². The van der Waals surface area contributed by atoms with Crippen molar-refractivity contribution in [1.29, 1.82) is 0 Å². The van der Waals surface area contributed by atoms with E-state index in [1.807, 2.05) is 12.1 Å². The summed E-state index contributed by atoms with van der Waals surface area (Å²) in [4.78, 5) is 13.4. The summed E-state index contributed by atoms with van der Waals surface area (Å²) in [5, 5.41) is 6.71. The molecule has 2 aliphatic rings. The van der Waals surface area contributed by atoms with Gasteiger partial charge >= 0.3 is 0 Å². The number of fused-ring (bicyclic) bond motifs is 2. The van der Waals surface area contributed by atoms with Crippen LogP contribution in [-0.4, -0.2) is 26.1 Å². The molecule has 2 unspecified atom stereocenters. The van der Waals surface area contributed by atoms with Crippen molar-refractivity contribution in [3.8, 4) is 0 Å². The lowest BCUT2D eigenvalue weighted by molar-refractivity contribution is 0.461. The number of nitrogens with zero attached hydrogens (tertiary/aromatic N) is 4. The van der Waals surface area contributed by atoms with Crippen molar-refractivity contribution < 1.29 is 0 Å². The molecule has 170 valence electrons. The summed E-state index contributed by atoms with van der Waals surface area (Å²) in [6.07, 6.45) is 12.2. The molecular weight excluding hydrogens is 453 g/mol. The third-order valence-corrected chi connectivity index (χ3v) is 7.89. The summed E-state index contributed by atoms with van der Waals surface area (Å²) in [5.41, 5.74) is 3.32. The van der Waals surface area contributed by atoms with E-state index in [9.17, 15) is 0 Å². The fourth-order valence-corrected chi connectivity index (χ4v) is 5.62. The molecule has 4 aromatic rings. The molecule has 0 saturated heterocycles. The number of nitrogens with one attached hydrogen (secondary N) is 1. The number of hydrogen-bond acceptors (Lipinski definition) is 4. The lowest BCUT2D eigenvalue weighted by atomic mass is 9.97. The number of pyridine rings is 1. The normalized spacial score (nSPS) is 20.7. The third-order valence-electron chi connectivity index (χ3n) is 7.30. The number of benzene rings is 1. The Morgan fingerprint density at radius 3 is 2.76 bits per heavy atom. The second-order valence-electron chi connectivity index (χ2n) is 9.67. The highest BCUT2D eigenvalue weighted by Crippen LogP contribution is 2.39. The van der Waals surface area contributed by atoms with E-state index in [0.29, 0.717) is 16.2 Å². The van der Waals surface area contributed by atoms with Gasteiger partial charge in [0.1, 0.15) is 22.9 Å². The maximum atomic E-state index is 6.45. The largest absolute Gasteiger partial charge is 0.369 e. The van der Waals surface area contributed by atoms with Crippen molar-refractivity contribution in [2.75, 3.05) is 11.9 Å². The molecule has 2 atom stereocenters. The average molecular weight is 480 g/mol. The minimum Gasteiger partial charge on any atom is -0.369 e. The summed E-state index contributed by atoms with van der Waals surface area (Å²) < 4.78 is 2.29. The fourth-order valence-electron chi connectivity index (χ4n) is 5.20. The minimum absolute atomic E-state index is 0.485. The van der Waals surface area contributed by atoms with E-state index in [1.54, 1.807) is 6.33 Å². The summed E-state index contributed by atoms with van der Waals surface area (Å²) >= 11 is 12.7. The van der Waals surface area contributed by atoms with Gasteiger partial charge < -0.3 is 9.88 Å². The zero-order valence-corrected chi connectivity index (χ0v) is 20.0. The van der Waals surface area contributed by atoms with Gasteiger partial charge in [0.15, 0.2) is 0 Å². The predicted octanol–water partition coefficient (Wildman–Crippen LogP) is 7.08. The van der Waals surface area contributed by atoms with Gasteiger partial charge in [-0.1, -0.05) is 35.3 Å². The van der Waals surface area contributed by atoms with Crippen LogP contribution in [0.3, 0.4) is 0 Å². The van der Waals surface area contributed by atoms with E-state index >= 15 is 0 Å². The molecule has 1 aromatic carbocycles. The molecule has 0 amide bonds. The smallest absolute Gasteiger partial charge is 0.145 e. The van der Waals surface area contributed by atoms with Crippen molar-refractivity contribution in [2.45, 2.75) is 51.0 Å². The molecule has 2 saturated carbocycles. The van der Waals surface area contributed by atoms with Crippen molar-refractivity contribution in [3.63, 3.8) is 0 Å². The van der Waals surface area contributed by atoms with Crippen LogP contribution in [-0.2, 0) is 6.42 Å². The monoisotopic (exact) mass is 479 g/mol. The Balaban J connectivity index is 1.12. The van der Waals surface area contributed by atoms with E-state index in [2.05, 4.69) is 44.2 Å². The van der Waals surface area contributed by atoms with E-state index in [0.717, 1.165) is 52.6 Å².